The number of carboxylic acid groups (broad SMARTS) is 1. The smallest absolute Gasteiger partial charge is 0.335 e. The molecule has 0 radical (unpaired) electrons. The van der Waals surface area contributed by atoms with E-state index in [9.17, 15) is 9.59 Å². The quantitative estimate of drug-likeness (QED) is 0.541. The number of carboxylic acids is 1. The highest BCUT2D eigenvalue weighted by Crippen LogP contribution is 2.33. The van der Waals surface area contributed by atoms with Crippen LogP contribution in [0.4, 0.5) is 5.69 Å². The Morgan fingerprint density at radius 1 is 0.969 bits per heavy atom. The molecular formula is C25H20N2O4S. The Balaban J connectivity index is 1.52. The molecule has 0 atom stereocenters. The van der Waals surface area contributed by atoms with Gasteiger partial charge in [0, 0.05) is 7.05 Å². The third kappa shape index (κ3) is 4.58. The summed E-state index contributed by atoms with van der Waals surface area (Å²) in [6.07, 6.45) is 1.84. The molecule has 1 heterocycles. The first-order chi connectivity index (χ1) is 15.4. The van der Waals surface area contributed by atoms with Crippen molar-refractivity contribution in [3.63, 3.8) is 0 Å². The molecule has 7 heteroatoms. The van der Waals surface area contributed by atoms with Crippen molar-refractivity contribution < 1.29 is 19.4 Å². The fourth-order valence-corrected chi connectivity index (χ4v) is 4.13. The van der Waals surface area contributed by atoms with E-state index in [1.165, 1.54) is 11.8 Å². The third-order valence-corrected chi connectivity index (χ3v) is 6.03. The number of aromatic carboxylic acids is 1. The molecule has 1 amide bonds. The molecular weight excluding hydrogens is 424 g/mol. The second-order valence-electron chi connectivity index (χ2n) is 7.07. The minimum absolute atomic E-state index is 0.101. The van der Waals surface area contributed by atoms with Crippen molar-refractivity contribution >= 4 is 40.6 Å². The first kappa shape index (κ1) is 21.4. The van der Waals surface area contributed by atoms with Crippen LogP contribution in [0.5, 0.6) is 5.75 Å². The minimum Gasteiger partial charge on any atom is -0.497 e. The summed E-state index contributed by atoms with van der Waals surface area (Å²) in [5.41, 5.74) is 3.78. The summed E-state index contributed by atoms with van der Waals surface area (Å²) in [7, 11) is 3.32. The SMILES string of the molecule is COc1ccc(N=C2S/C(=C\c3ccc(-c4ccc(C(=O)O)cc4)cc3)C(=O)N2C)cc1. The third-order valence-electron chi connectivity index (χ3n) is 4.97. The van der Waals surface area contributed by atoms with Crippen molar-refractivity contribution in [2.45, 2.75) is 0 Å². The molecule has 1 aliphatic heterocycles. The molecule has 1 saturated heterocycles. The Kier molecular flexibility index (Phi) is 6.09. The highest BCUT2D eigenvalue weighted by atomic mass is 32.2. The van der Waals surface area contributed by atoms with Crippen LogP contribution in [-0.4, -0.2) is 41.2 Å². The van der Waals surface area contributed by atoms with Gasteiger partial charge in [0.25, 0.3) is 5.91 Å². The van der Waals surface area contributed by atoms with Crippen LogP contribution in [0.15, 0.2) is 82.7 Å². The van der Waals surface area contributed by atoms with Crippen molar-refractivity contribution in [1.29, 1.82) is 0 Å². The Bertz CT molecular complexity index is 1210. The van der Waals surface area contributed by atoms with Crippen molar-refractivity contribution in [3.05, 3.63) is 88.8 Å². The monoisotopic (exact) mass is 444 g/mol. The van der Waals surface area contributed by atoms with Gasteiger partial charge in [0.1, 0.15) is 5.75 Å². The maximum atomic E-state index is 12.7. The fourth-order valence-electron chi connectivity index (χ4n) is 3.15. The van der Waals surface area contributed by atoms with Crippen LogP contribution >= 0.6 is 11.8 Å². The van der Waals surface area contributed by atoms with E-state index in [1.54, 1.807) is 43.3 Å². The number of hydrogen-bond donors (Lipinski definition) is 1. The van der Waals surface area contributed by atoms with E-state index in [-0.39, 0.29) is 11.5 Å². The number of nitrogens with zero attached hydrogens (tertiary/aromatic N) is 2. The first-order valence-electron chi connectivity index (χ1n) is 9.79. The number of rotatable bonds is 5. The highest BCUT2D eigenvalue weighted by molar-refractivity contribution is 8.18. The highest BCUT2D eigenvalue weighted by Gasteiger charge is 2.30. The topological polar surface area (TPSA) is 79.2 Å². The summed E-state index contributed by atoms with van der Waals surface area (Å²) in [6.45, 7) is 0. The molecule has 32 heavy (non-hydrogen) atoms. The Labute approximate surface area is 189 Å². The van der Waals surface area contributed by atoms with Crippen molar-refractivity contribution in [1.82, 2.24) is 4.90 Å². The molecule has 0 unspecified atom stereocenters. The normalized spacial score (nSPS) is 16.1. The molecule has 1 fully saturated rings. The van der Waals surface area contributed by atoms with Gasteiger partial charge in [0.2, 0.25) is 0 Å². The fraction of sp³-hybridized carbons (Fsp3) is 0.0800. The van der Waals surface area contributed by atoms with Crippen LogP contribution in [0, 0.1) is 0 Å². The molecule has 0 aliphatic carbocycles. The van der Waals surface area contributed by atoms with Crippen LogP contribution in [0.2, 0.25) is 0 Å². The zero-order chi connectivity index (χ0) is 22.7. The van der Waals surface area contributed by atoms with E-state index in [2.05, 4.69) is 4.99 Å². The van der Waals surface area contributed by atoms with Crippen molar-refractivity contribution in [3.8, 4) is 16.9 Å². The molecule has 0 bridgehead atoms. The van der Waals surface area contributed by atoms with E-state index < -0.39 is 5.97 Å². The molecule has 160 valence electrons. The van der Waals surface area contributed by atoms with E-state index in [4.69, 9.17) is 9.84 Å². The summed E-state index contributed by atoms with van der Waals surface area (Å²) in [6, 6.07) is 21.8. The molecule has 1 N–H and O–H groups in total. The lowest BCUT2D eigenvalue weighted by Crippen LogP contribution is -2.23. The van der Waals surface area contributed by atoms with E-state index >= 15 is 0 Å². The van der Waals surface area contributed by atoms with Crippen LogP contribution in [0.1, 0.15) is 15.9 Å². The lowest BCUT2D eigenvalue weighted by atomic mass is 10.0. The molecule has 0 aromatic heterocycles. The van der Waals surface area contributed by atoms with Gasteiger partial charge < -0.3 is 9.84 Å². The predicted octanol–water partition coefficient (Wildman–Crippen LogP) is 5.29. The van der Waals surface area contributed by atoms with Gasteiger partial charge in [-0.25, -0.2) is 9.79 Å². The Hall–Kier alpha value is -3.84. The summed E-state index contributed by atoms with van der Waals surface area (Å²) >= 11 is 1.33. The van der Waals surface area contributed by atoms with Crippen LogP contribution in [-0.2, 0) is 4.79 Å². The number of ether oxygens (including phenoxy) is 1. The van der Waals surface area contributed by atoms with Crippen LogP contribution in [0.3, 0.4) is 0 Å². The number of carbonyl (C=O) groups excluding carboxylic acids is 1. The maximum absolute atomic E-state index is 12.7. The van der Waals surface area contributed by atoms with Gasteiger partial charge in [0.15, 0.2) is 5.17 Å². The van der Waals surface area contributed by atoms with Crippen molar-refractivity contribution in [2.24, 2.45) is 4.99 Å². The number of amides is 1. The summed E-state index contributed by atoms with van der Waals surface area (Å²) in [5, 5.41) is 9.64. The van der Waals surface area contributed by atoms with Gasteiger partial charge in [-0.2, -0.15) is 0 Å². The molecule has 0 spiro atoms. The molecule has 1 aliphatic rings. The van der Waals surface area contributed by atoms with Gasteiger partial charge >= 0.3 is 5.97 Å². The molecule has 3 aromatic rings. The maximum Gasteiger partial charge on any atom is 0.335 e. The lowest BCUT2D eigenvalue weighted by molar-refractivity contribution is -0.121. The van der Waals surface area contributed by atoms with Gasteiger partial charge in [-0.1, -0.05) is 36.4 Å². The molecule has 0 saturated carbocycles. The zero-order valence-corrected chi connectivity index (χ0v) is 18.3. The van der Waals surface area contributed by atoms with E-state index in [0.29, 0.717) is 10.1 Å². The number of aliphatic imine (C=N–C) groups is 1. The summed E-state index contributed by atoms with van der Waals surface area (Å²) in [4.78, 5) is 30.4. The van der Waals surface area contributed by atoms with Gasteiger partial charge in [-0.3, -0.25) is 9.69 Å². The Morgan fingerprint density at radius 3 is 2.12 bits per heavy atom. The lowest BCUT2D eigenvalue weighted by Gasteiger charge is -2.07. The second-order valence-corrected chi connectivity index (χ2v) is 8.08. The Morgan fingerprint density at radius 2 is 1.56 bits per heavy atom. The first-order valence-corrected chi connectivity index (χ1v) is 10.6. The number of likely N-dealkylation sites (N-methyl/N-ethyl adjacent to an activating group) is 1. The van der Waals surface area contributed by atoms with Gasteiger partial charge in [-0.05, 0) is 70.9 Å². The summed E-state index contributed by atoms with van der Waals surface area (Å²) < 4.78 is 5.16. The molecule has 6 nitrogen and oxygen atoms in total. The van der Waals surface area contributed by atoms with Gasteiger partial charge in [-0.15, -0.1) is 0 Å². The van der Waals surface area contributed by atoms with Crippen LogP contribution < -0.4 is 4.74 Å². The summed E-state index contributed by atoms with van der Waals surface area (Å²) in [5.74, 6) is -0.299. The average Bonchev–Trinajstić information content (AvgIpc) is 3.08. The minimum atomic E-state index is -0.947. The van der Waals surface area contributed by atoms with Crippen molar-refractivity contribution in [2.75, 3.05) is 14.2 Å². The number of hydrogen-bond acceptors (Lipinski definition) is 5. The van der Waals surface area contributed by atoms with E-state index in [1.807, 2.05) is 54.6 Å². The van der Waals surface area contributed by atoms with Gasteiger partial charge in [0.05, 0.1) is 23.3 Å². The van der Waals surface area contributed by atoms with Crippen LogP contribution in [0.25, 0.3) is 17.2 Å². The number of methoxy groups -OCH3 is 1. The average molecular weight is 445 g/mol. The largest absolute Gasteiger partial charge is 0.497 e. The zero-order valence-electron chi connectivity index (χ0n) is 17.5. The second kappa shape index (κ2) is 9.11. The number of amidine groups is 1. The number of benzene rings is 3. The number of thioether (sulfide) groups is 1. The number of carbonyl (C=O) groups is 2. The predicted molar refractivity (Wildman–Crippen MR) is 127 cm³/mol. The van der Waals surface area contributed by atoms with E-state index in [0.717, 1.165) is 28.1 Å². The molecule has 4 rings (SSSR count). The standard InChI is InChI=1S/C25H20N2O4S/c1-27-23(28)22(32-25(27)26-20-11-13-21(31-2)14-12-20)15-16-3-5-17(6-4-16)18-7-9-19(10-8-18)24(29)30/h3-15H,1-2H3,(H,29,30)/b22-15-,26-25?. The molecule has 3 aromatic carbocycles.